The summed E-state index contributed by atoms with van der Waals surface area (Å²) in [7, 11) is 0. The van der Waals surface area contributed by atoms with E-state index in [9.17, 15) is 0 Å². The van der Waals surface area contributed by atoms with Gasteiger partial charge in [-0.3, -0.25) is 0 Å². The molecule has 3 rings (SSSR count). The first-order valence-corrected chi connectivity index (χ1v) is 7.14. The maximum atomic E-state index is 6.21. The first-order valence-electron chi connectivity index (χ1n) is 6.76. The smallest absolute Gasteiger partial charge is 0.125 e. The van der Waals surface area contributed by atoms with E-state index in [2.05, 4.69) is 13.0 Å². The van der Waals surface area contributed by atoms with Gasteiger partial charge in [-0.1, -0.05) is 18.5 Å². The fourth-order valence-corrected chi connectivity index (χ4v) is 3.34. The monoisotopic (exact) mass is 265 g/mol. The van der Waals surface area contributed by atoms with Crippen molar-refractivity contribution in [1.82, 2.24) is 0 Å². The van der Waals surface area contributed by atoms with Crippen molar-refractivity contribution < 1.29 is 4.74 Å². The highest BCUT2D eigenvalue weighted by Crippen LogP contribution is 2.48. The summed E-state index contributed by atoms with van der Waals surface area (Å²) in [6, 6.07) is 4.09. The molecule has 98 valence electrons. The van der Waals surface area contributed by atoms with Crippen LogP contribution < -0.4 is 10.5 Å². The van der Waals surface area contributed by atoms with Crippen LogP contribution in [0.25, 0.3) is 0 Å². The highest BCUT2D eigenvalue weighted by molar-refractivity contribution is 6.30. The Kier molecular flexibility index (Phi) is 3.03. The zero-order valence-corrected chi connectivity index (χ0v) is 11.6. The van der Waals surface area contributed by atoms with Crippen LogP contribution in [0.3, 0.4) is 0 Å². The lowest BCUT2D eigenvalue weighted by molar-refractivity contribution is 0.275. The van der Waals surface area contributed by atoms with E-state index in [1.165, 1.54) is 24.0 Å². The van der Waals surface area contributed by atoms with Crippen molar-refractivity contribution in [3.63, 3.8) is 0 Å². The van der Waals surface area contributed by atoms with Gasteiger partial charge in [0, 0.05) is 11.4 Å². The second-order valence-corrected chi connectivity index (χ2v) is 6.40. The summed E-state index contributed by atoms with van der Waals surface area (Å²) in [5, 5.41) is 0.824. The summed E-state index contributed by atoms with van der Waals surface area (Å²) in [4.78, 5) is 0. The van der Waals surface area contributed by atoms with Gasteiger partial charge in [-0.25, -0.2) is 0 Å². The average Bonchev–Trinajstić information content (AvgIpc) is 3.09. The number of rotatable bonds is 4. The SMILES string of the molecule is CC(CN)(Cc1cc(Cl)cc2c1OCC2)C1CC1. The van der Waals surface area contributed by atoms with Gasteiger partial charge >= 0.3 is 0 Å². The molecule has 3 heteroatoms. The zero-order chi connectivity index (χ0) is 12.8. The van der Waals surface area contributed by atoms with E-state index in [0.29, 0.717) is 0 Å². The highest BCUT2D eigenvalue weighted by Gasteiger charge is 2.41. The molecule has 2 N–H and O–H groups in total. The molecule has 1 unspecified atom stereocenters. The lowest BCUT2D eigenvalue weighted by Crippen LogP contribution is -2.32. The zero-order valence-electron chi connectivity index (χ0n) is 10.8. The summed E-state index contributed by atoms with van der Waals surface area (Å²) in [5.41, 5.74) is 8.71. The van der Waals surface area contributed by atoms with Crippen LogP contribution in [0.1, 0.15) is 30.9 Å². The predicted molar refractivity (Wildman–Crippen MR) is 74.2 cm³/mol. The van der Waals surface area contributed by atoms with E-state index in [1.54, 1.807) is 0 Å². The fourth-order valence-electron chi connectivity index (χ4n) is 3.08. The third-order valence-electron chi connectivity index (χ3n) is 4.45. The minimum Gasteiger partial charge on any atom is -0.493 e. The normalized spacial score (nSPS) is 21.3. The number of ether oxygens (including phenoxy) is 1. The lowest BCUT2D eigenvalue weighted by Gasteiger charge is -2.29. The van der Waals surface area contributed by atoms with Crippen molar-refractivity contribution in [3.8, 4) is 5.75 Å². The van der Waals surface area contributed by atoms with Crippen LogP contribution in [0.15, 0.2) is 12.1 Å². The lowest BCUT2D eigenvalue weighted by atomic mass is 9.78. The van der Waals surface area contributed by atoms with Crippen LogP contribution in [-0.4, -0.2) is 13.2 Å². The first-order chi connectivity index (χ1) is 8.62. The van der Waals surface area contributed by atoms with Crippen molar-refractivity contribution >= 4 is 11.6 Å². The van der Waals surface area contributed by atoms with Gasteiger partial charge in [0.2, 0.25) is 0 Å². The number of hydrogen-bond donors (Lipinski definition) is 1. The topological polar surface area (TPSA) is 35.2 Å². The standard InChI is InChI=1S/C15H20ClNO/c1-15(9-17,12-2-3-12)8-11-7-13(16)6-10-4-5-18-14(10)11/h6-7,12H,2-5,8-9,17H2,1H3. The van der Waals surface area contributed by atoms with Crippen molar-refractivity contribution in [3.05, 3.63) is 28.3 Å². The molecule has 1 aliphatic heterocycles. The Bertz CT molecular complexity index is 470. The molecule has 0 aromatic heterocycles. The molecule has 1 aliphatic carbocycles. The largest absolute Gasteiger partial charge is 0.493 e. The number of benzene rings is 1. The van der Waals surface area contributed by atoms with Crippen LogP contribution in [0, 0.1) is 11.3 Å². The highest BCUT2D eigenvalue weighted by atomic mass is 35.5. The summed E-state index contributed by atoms with van der Waals surface area (Å²) in [6.45, 7) is 3.82. The van der Waals surface area contributed by atoms with E-state index in [1.807, 2.05) is 6.07 Å². The van der Waals surface area contributed by atoms with Gasteiger partial charge in [0.15, 0.2) is 0 Å². The molecule has 1 aromatic rings. The van der Waals surface area contributed by atoms with Gasteiger partial charge < -0.3 is 10.5 Å². The Hall–Kier alpha value is -0.730. The number of fused-ring (bicyclic) bond motifs is 1. The summed E-state index contributed by atoms with van der Waals surface area (Å²) in [6.07, 6.45) is 4.59. The van der Waals surface area contributed by atoms with Crippen molar-refractivity contribution in [2.75, 3.05) is 13.2 Å². The van der Waals surface area contributed by atoms with Crippen LogP contribution in [0.4, 0.5) is 0 Å². The molecule has 1 atom stereocenters. The predicted octanol–water partition coefficient (Wildman–Crippen LogP) is 3.19. The van der Waals surface area contributed by atoms with E-state index < -0.39 is 0 Å². The van der Waals surface area contributed by atoms with Crippen LogP contribution >= 0.6 is 11.6 Å². The van der Waals surface area contributed by atoms with Crippen LogP contribution in [-0.2, 0) is 12.8 Å². The molecule has 1 heterocycles. The van der Waals surface area contributed by atoms with Gasteiger partial charge in [0.1, 0.15) is 5.75 Å². The van der Waals surface area contributed by atoms with Crippen LogP contribution in [0.5, 0.6) is 5.75 Å². The maximum absolute atomic E-state index is 6.21. The summed E-state index contributed by atoms with van der Waals surface area (Å²) in [5.74, 6) is 1.85. The molecule has 2 nitrogen and oxygen atoms in total. The molecular formula is C15H20ClNO. The molecule has 1 fully saturated rings. The first kappa shape index (κ1) is 12.3. The second kappa shape index (κ2) is 4.43. The van der Waals surface area contributed by atoms with E-state index in [4.69, 9.17) is 22.1 Å². The molecule has 0 radical (unpaired) electrons. The Labute approximate surface area is 113 Å². The number of nitrogens with two attached hydrogens (primary N) is 1. The summed E-state index contributed by atoms with van der Waals surface area (Å²) < 4.78 is 5.78. The molecular weight excluding hydrogens is 246 g/mol. The molecule has 18 heavy (non-hydrogen) atoms. The Morgan fingerprint density at radius 1 is 1.44 bits per heavy atom. The van der Waals surface area contributed by atoms with Gasteiger partial charge in [-0.15, -0.1) is 0 Å². The van der Waals surface area contributed by atoms with Crippen LogP contribution in [0.2, 0.25) is 5.02 Å². The molecule has 2 aliphatic rings. The van der Waals surface area contributed by atoms with Crippen molar-refractivity contribution in [2.24, 2.45) is 17.1 Å². The fraction of sp³-hybridized carbons (Fsp3) is 0.600. The van der Waals surface area contributed by atoms with Gasteiger partial charge in [-0.2, -0.15) is 0 Å². The van der Waals surface area contributed by atoms with Crippen molar-refractivity contribution in [2.45, 2.75) is 32.6 Å². The van der Waals surface area contributed by atoms with Gasteiger partial charge in [-0.05, 0) is 60.4 Å². The van der Waals surface area contributed by atoms with Crippen molar-refractivity contribution in [1.29, 1.82) is 0 Å². The molecule has 1 saturated carbocycles. The molecule has 0 spiro atoms. The molecule has 0 amide bonds. The van der Waals surface area contributed by atoms with E-state index >= 15 is 0 Å². The molecule has 0 bridgehead atoms. The van der Waals surface area contributed by atoms with E-state index in [0.717, 1.165) is 42.7 Å². The quantitative estimate of drug-likeness (QED) is 0.907. The second-order valence-electron chi connectivity index (χ2n) is 5.96. The molecule has 0 saturated heterocycles. The average molecular weight is 266 g/mol. The maximum Gasteiger partial charge on any atom is 0.125 e. The Morgan fingerprint density at radius 3 is 2.89 bits per heavy atom. The minimum absolute atomic E-state index is 0.199. The Balaban J connectivity index is 1.92. The number of hydrogen-bond acceptors (Lipinski definition) is 2. The minimum atomic E-state index is 0.199. The molecule has 1 aromatic carbocycles. The van der Waals surface area contributed by atoms with E-state index in [-0.39, 0.29) is 5.41 Å². The third kappa shape index (κ3) is 2.12. The van der Waals surface area contributed by atoms with Gasteiger partial charge in [0.05, 0.1) is 6.61 Å². The van der Waals surface area contributed by atoms with Gasteiger partial charge in [0.25, 0.3) is 0 Å². The number of halogens is 1. The Morgan fingerprint density at radius 2 is 2.22 bits per heavy atom. The summed E-state index contributed by atoms with van der Waals surface area (Å²) >= 11 is 6.21. The third-order valence-corrected chi connectivity index (χ3v) is 4.67.